The summed E-state index contributed by atoms with van der Waals surface area (Å²) in [5.41, 5.74) is 0. The Hall–Kier alpha value is -0.900. The van der Waals surface area contributed by atoms with Gasteiger partial charge in [0.05, 0.1) is 6.20 Å². The summed E-state index contributed by atoms with van der Waals surface area (Å²) in [6.45, 7) is 3.30. The second-order valence-electron chi connectivity index (χ2n) is 1.36. The van der Waals surface area contributed by atoms with Gasteiger partial charge >= 0.3 is 0 Å². The van der Waals surface area contributed by atoms with Crippen LogP contribution in [0.5, 0.6) is 0 Å². The number of hydrogen-bond donors (Lipinski definition) is 1. The minimum absolute atomic E-state index is 0.822. The van der Waals surface area contributed by atoms with Crippen LogP contribution in [0.1, 0.15) is 6.23 Å². The summed E-state index contributed by atoms with van der Waals surface area (Å²) in [5.74, 6) is 0. The van der Waals surface area contributed by atoms with Gasteiger partial charge in [-0.15, -0.1) is 5.10 Å². The molecule has 1 atom stereocenters. The molecule has 0 aliphatic carbocycles. The van der Waals surface area contributed by atoms with Crippen LogP contribution < -0.4 is 0 Å². The van der Waals surface area contributed by atoms with Crippen molar-refractivity contribution in [3.8, 4) is 0 Å². The van der Waals surface area contributed by atoms with Gasteiger partial charge in [-0.2, -0.15) is 0 Å². The van der Waals surface area contributed by atoms with Crippen molar-refractivity contribution in [2.24, 2.45) is 0 Å². The van der Waals surface area contributed by atoms with Crippen LogP contribution in [-0.4, -0.2) is 20.1 Å². The second kappa shape index (κ2) is 1.92. The second-order valence-corrected chi connectivity index (χ2v) is 1.36. The van der Waals surface area contributed by atoms with Gasteiger partial charge in [-0.05, 0) is 6.92 Å². The SMILES string of the molecule is [CH2]C(O)n1ccnn1. The molecule has 0 amide bonds. The van der Waals surface area contributed by atoms with Crippen LogP contribution in [-0.2, 0) is 0 Å². The Labute approximate surface area is 46.8 Å². The van der Waals surface area contributed by atoms with Crippen molar-refractivity contribution in [2.75, 3.05) is 0 Å². The van der Waals surface area contributed by atoms with Gasteiger partial charge in [0.1, 0.15) is 6.23 Å². The molecule has 1 unspecified atom stereocenters. The van der Waals surface area contributed by atoms with Crippen LogP contribution in [0, 0.1) is 6.92 Å². The molecule has 0 spiro atoms. The van der Waals surface area contributed by atoms with Gasteiger partial charge in [0, 0.05) is 6.20 Å². The lowest BCUT2D eigenvalue weighted by Crippen LogP contribution is -2.03. The fourth-order valence-electron chi connectivity index (χ4n) is 0.376. The molecule has 1 aromatic heterocycles. The largest absolute Gasteiger partial charge is 0.372 e. The van der Waals surface area contributed by atoms with Gasteiger partial charge in [-0.25, -0.2) is 4.68 Å². The maximum absolute atomic E-state index is 8.66. The van der Waals surface area contributed by atoms with Gasteiger partial charge in [0.15, 0.2) is 0 Å². The Morgan fingerprint density at radius 3 is 2.75 bits per heavy atom. The first-order chi connectivity index (χ1) is 3.80. The Kier molecular flexibility index (Phi) is 1.26. The summed E-state index contributed by atoms with van der Waals surface area (Å²) in [7, 11) is 0. The number of aliphatic hydroxyl groups is 1. The number of nitrogens with zero attached hydrogens (tertiary/aromatic N) is 3. The predicted octanol–water partition coefficient (Wildman–Crippen LogP) is -0.397. The highest BCUT2D eigenvalue weighted by Crippen LogP contribution is 1.92. The summed E-state index contributed by atoms with van der Waals surface area (Å²) >= 11 is 0. The molecule has 4 nitrogen and oxygen atoms in total. The highest BCUT2D eigenvalue weighted by atomic mass is 16.3. The zero-order valence-electron chi connectivity index (χ0n) is 4.23. The van der Waals surface area contributed by atoms with Crippen molar-refractivity contribution >= 4 is 0 Å². The molecule has 4 heteroatoms. The highest BCUT2D eigenvalue weighted by molar-refractivity contribution is 4.66. The van der Waals surface area contributed by atoms with E-state index in [1.165, 1.54) is 17.1 Å². The van der Waals surface area contributed by atoms with E-state index < -0.39 is 6.23 Å². The van der Waals surface area contributed by atoms with Crippen molar-refractivity contribution in [1.82, 2.24) is 15.0 Å². The molecule has 0 saturated carbocycles. The highest BCUT2D eigenvalue weighted by Gasteiger charge is 1.94. The molecule has 43 valence electrons. The number of aromatic nitrogens is 3. The summed E-state index contributed by atoms with van der Waals surface area (Å²) in [5, 5.41) is 15.6. The average Bonchev–Trinajstić information content (AvgIpc) is 2.12. The van der Waals surface area contributed by atoms with Crippen molar-refractivity contribution in [2.45, 2.75) is 6.23 Å². The van der Waals surface area contributed by atoms with Gasteiger partial charge in [-0.1, -0.05) is 5.21 Å². The van der Waals surface area contributed by atoms with Gasteiger partial charge in [-0.3, -0.25) is 0 Å². The van der Waals surface area contributed by atoms with Crippen LogP contribution in [0.15, 0.2) is 12.4 Å². The van der Waals surface area contributed by atoms with E-state index in [-0.39, 0.29) is 0 Å². The first-order valence-electron chi connectivity index (χ1n) is 2.17. The Morgan fingerprint density at radius 1 is 1.75 bits per heavy atom. The third-order valence-electron chi connectivity index (χ3n) is 0.746. The third-order valence-corrected chi connectivity index (χ3v) is 0.746. The summed E-state index contributed by atoms with van der Waals surface area (Å²) < 4.78 is 1.25. The van der Waals surface area contributed by atoms with E-state index in [9.17, 15) is 0 Å². The normalized spacial score (nSPS) is 13.8. The Balaban J connectivity index is 2.77. The zero-order chi connectivity index (χ0) is 5.98. The third kappa shape index (κ3) is 0.840. The van der Waals surface area contributed by atoms with Crippen LogP contribution in [0.25, 0.3) is 0 Å². The quantitative estimate of drug-likeness (QED) is 0.538. The van der Waals surface area contributed by atoms with E-state index in [0.717, 1.165) is 0 Å². The average molecular weight is 112 g/mol. The lowest BCUT2D eigenvalue weighted by molar-refractivity contribution is 0.135. The molecule has 0 bridgehead atoms. The monoisotopic (exact) mass is 112 g/mol. The number of rotatable bonds is 1. The summed E-state index contributed by atoms with van der Waals surface area (Å²) in [4.78, 5) is 0. The van der Waals surface area contributed by atoms with Crippen molar-refractivity contribution in [1.29, 1.82) is 0 Å². The first kappa shape index (κ1) is 5.24. The minimum Gasteiger partial charge on any atom is -0.372 e. The molecule has 1 rings (SSSR count). The molecule has 0 aliphatic heterocycles. The van der Waals surface area contributed by atoms with Crippen LogP contribution in [0.3, 0.4) is 0 Å². The molecule has 0 saturated heterocycles. The van der Waals surface area contributed by atoms with Crippen molar-refractivity contribution in [3.63, 3.8) is 0 Å². The number of hydrogen-bond acceptors (Lipinski definition) is 3. The zero-order valence-corrected chi connectivity index (χ0v) is 4.23. The van der Waals surface area contributed by atoms with Gasteiger partial charge in [0.2, 0.25) is 0 Å². The fourth-order valence-corrected chi connectivity index (χ4v) is 0.376. The number of aliphatic hydroxyl groups excluding tert-OH is 1. The van der Waals surface area contributed by atoms with Gasteiger partial charge < -0.3 is 5.11 Å². The smallest absolute Gasteiger partial charge is 0.148 e. The molecular formula is C4H6N3O. The molecule has 1 N–H and O–H groups in total. The Bertz CT molecular complexity index is 146. The van der Waals surface area contributed by atoms with Crippen LogP contribution >= 0.6 is 0 Å². The van der Waals surface area contributed by atoms with Crippen molar-refractivity contribution in [3.05, 3.63) is 19.3 Å². The molecule has 8 heavy (non-hydrogen) atoms. The molecule has 0 aromatic carbocycles. The van der Waals surface area contributed by atoms with E-state index >= 15 is 0 Å². The van der Waals surface area contributed by atoms with E-state index in [0.29, 0.717) is 0 Å². The first-order valence-corrected chi connectivity index (χ1v) is 2.17. The molecule has 0 aliphatic rings. The molecule has 1 radical (unpaired) electrons. The summed E-state index contributed by atoms with van der Waals surface area (Å²) in [6, 6.07) is 0. The van der Waals surface area contributed by atoms with Gasteiger partial charge in [0.25, 0.3) is 0 Å². The summed E-state index contributed by atoms with van der Waals surface area (Å²) in [6.07, 6.45) is 2.20. The fraction of sp³-hybridized carbons (Fsp3) is 0.250. The lowest BCUT2D eigenvalue weighted by Gasteiger charge is -1.98. The standard InChI is InChI=1S/C4H6N3O/c1-4(8)7-3-2-5-6-7/h2-4,8H,1H2. The lowest BCUT2D eigenvalue weighted by atomic mass is 10.7. The molecular weight excluding hydrogens is 106 g/mol. The predicted molar refractivity (Wildman–Crippen MR) is 26.6 cm³/mol. The minimum atomic E-state index is -0.822. The van der Waals surface area contributed by atoms with E-state index in [1.807, 2.05) is 0 Å². The molecule has 1 aromatic rings. The molecule has 1 heterocycles. The van der Waals surface area contributed by atoms with E-state index in [1.54, 1.807) is 0 Å². The van der Waals surface area contributed by atoms with E-state index in [2.05, 4.69) is 17.2 Å². The Morgan fingerprint density at radius 2 is 2.50 bits per heavy atom. The maximum atomic E-state index is 8.66. The topological polar surface area (TPSA) is 50.9 Å². The van der Waals surface area contributed by atoms with Crippen molar-refractivity contribution < 1.29 is 5.11 Å². The molecule has 0 fully saturated rings. The van der Waals surface area contributed by atoms with Crippen LogP contribution in [0.4, 0.5) is 0 Å². The van der Waals surface area contributed by atoms with Crippen LogP contribution in [0.2, 0.25) is 0 Å². The maximum Gasteiger partial charge on any atom is 0.148 e. The van der Waals surface area contributed by atoms with E-state index in [4.69, 9.17) is 5.11 Å².